The standard InChI is InChI=1S/C12H23N/c1-11(2,3)12-7-5-10(6-8-12)13(4)9-12/h10H,5-9H2,1-4H3. The lowest BCUT2D eigenvalue weighted by atomic mass is 9.56. The first-order chi connectivity index (χ1) is 5.95. The lowest BCUT2D eigenvalue weighted by Crippen LogP contribution is -2.57. The van der Waals surface area contributed by atoms with Crippen LogP contribution < -0.4 is 0 Å². The average molecular weight is 181 g/mol. The summed E-state index contributed by atoms with van der Waals surface area (Å²) in [4.78, 5) is 2.60. The van der Waals surface area contributed by atoms with Gasteiger partial charge in [-0.1, -0.05) is 20.8 Å². The van der Waals surface area contributed by atoms with Gasteiger partial charge in [-0.15, -0.1) is 0 Å². The Morgan fingerprint density at radius 1 is 1.15 bits per heavy atom. The minimum absolute atomic E-state index is 0.493. The highest BCUT2D eigenvalue weighted by Gasteiger charge is 2.49. The summed E-state index contributed by atoms with van der Waals surface area (Å²) in [5.74, 6) is 0. The lowest BCUT2D eigenvalue weighted by molar-refractivity contribution is -0.0735. The van der Waals surface area contributed by atoms with Crippen LogP contribution in [0.4, 0.5) is 0 Å². The second kappa shape index (κ2) is 2.73. The summed E-state index contributed by atoms with van der Waals surface area (Å²) in [5.41, 5.74) is 1.11. The maximum atomic E-state index is 2.60. The summed E-state index contributed by atoms with van der Waals surface area (Å²) in [7, 11) is 2.31. The first-order valence-electron chi connectivity index (χ1n) is 5.65. The van der Waals surface area contributed by atoms with Crippen molar-refractivity contribution >= 4 is 0 Å². The highest BCUT2D eigenvalue weighted by Crippen LogP contribution is 2.53. The molecule has 1 aliphatic carbocycles. The number of hydrogen-bond donors (Lipinski definition) is 0. The maximum absolute atomic E-state index is 2.60. The molecule has 0 unspecified atom stereocenters. The fourth-order valence-corrected chi connectivity index (χ4v) is 3.35. The predicted molar refractivity (Wildman–Crippen MR) is 56.8 cm³/mol. The molecule has 3 fully saturated rings. The van der Waals surface area contributed by atoms with Crippen molar-refractivity contribution in [2.24, 2.45) is 10.8 Å². The monoisotopic (exact) mass is 181 g/mol. The van der Waals surface area contributed by atoms with Crippen LogP contribution in [-0.4, -0.2) is 24.5 Å². The molecule has 1 nitrogen and oxygen atoms in total. The molecule has 0 amide bonds. The Bertz CT molecular complexity index is 194. The van der Waals surface area contributed by atoms with E-state index in [1.807, 2.05) is 0 Å². The smallest absolute Gasteiger partial charge is 0.00928 e. The summed E-state index contributed by atoms with van der Waals surface area (Å²) in [6.07, 6.45) is 5.80. The molecule has 2 aliphatic heterocycles. The van der Waals surface area contributed by atoms with E-state index >= 15 is 0 Å². The van der Waals surface area contributed by atoms with Gasteiger partial charge in [0.2, 0.25) is 0 Å². The molecule has 0 radical (unpaired) electrons. The van der Waals surface area contributed by atoms with Gasteiger partial charge in [0.25, 0.3) is 0 Å². The molecule has 2 saturated heterocycles. The van der Waals surface area contributed by atoms with Crippen molar-refractivity contribution in [2.45, 2.75) is 52.5 Å². The van der Waals surface area contributed by atoms with Crippen molar-refractivity contribution in [3.05, 3.63) is 0 Å². The molecule has 0 aromatic rings. The van der Waals surface area contributed by atoms with E-state index in [4.69, 9.17) is 0 Å². The topological polar surface area (TPSA) is 3.24 Å². The quantitative estimate of drug-likeness (QED) is 0.555. The van der Waals surface area contributed by atoms with Crippen LogP contribution in [0.5, 0.6) is 0 Å². The van der Waals surface area contributed by atoms with E-state index in [0.717, 1.165) is 6.04 Å². The minimum Gasteiger partial charge on any atom is -0.303 e. The first kappa shape index (κ1) is 9.51. The molecule has 0 aromatic carbocycles. The Morgan fingerprint density at radius 3 is 2.00 bits per heavy atom. The highest BCUT2D eigenvalue weighted by molar-refractivity contribution is 5.02. The van der Waals surface area contributed by atoms with Crippen molar-refractivity contribution in [1.82, 2.24) is 4.90 Å². The summed E-state index contributed by atoms with van der Waals surface area (Å²) < 4.78 is 0. The molecule has 2 bridgehead atoms. The predicted octanol–water partition coefficient (Wildman–Crippen LogP) is 2.91. The maximum Gasteiger partial charge on any atom is 0.00928 e. The van der Waals surface area contributed by atoms with Crippen molar-refractivity contribution < 1.29 is 0 Å². The summed E-state index contributed by atoms with van der Waals surface area (Å²) in [6.45, 7) is 8.60. The molecular formula is C12H23N. The van der Waals surface area contributed by atoms with Gasteiger partial charge in [-0.2, -0.15) is 0 Å². The van der Waals surface area contributed by atoms with Crippen LogP contribution in [-0.2, 0) is 0 Å². The van der Waals surface area contributed by atoms with Crippen LogP contribution in [0.15, 0.2) is 0 Å². The van der Waals surface area contributed by atoms with Gasteiger partial charge in [0.1, 0.15) is 0 Å². The van der Waals surface area contributed by atoms with E-state index in [-0.39, 0.29) is 0 Å². The zero-order valence-corrected chi connectivity index (χ0v) is 9.56. The van der Waals surface area contributed by atoms with Crippen LogP contribution in [0.1, 0.15) is 46.5 Å². The zero-order valence-electron chi connectivity index (χ0n) is 9.56. The molecular weight excluding hydrogens is 158 g/mol. The third-order valence-electron chi connectivity index (χ3n) is 4.68. The molecule has 1 heteroatoms. The lowest BCUT2D eigenvalue weighted by Gasteiger charge is -2.57. The molecule has 3 aliphatic rings. The molecule has 3 rings (SSSR count). The van der Waals surface area contributed by atoms with E-state index in [2.05, 4.69) is 32.7 Å². The fraction of sp³-hybridized carbons (Fsp3) is 1.00. The highest BCUT2D eigenvalue weighted by atomic mass is 15.2. The third kappa shape index (κ3) is 1.32. The number of fused-ring (bicyclic) bond motifs is 3. The Balaban J connectivity index is 2.23. The van der Waals surface area contributed by atoms with Crippen LogP contribution in [0.3, 0.4) is 0 Å². The molecule has 2 heterocycles. The van der Waals surface area contributed by atoms with Crippen LogP contribution in [0, 0.1) is 10.8 Å². The Hall–Kier alpha value is -0.0400. The van der Waals surface area contributed by atoms with Gasteiger partial charge in [0.05, 0.1) is 0 Å². The molecule has 1 saturated carbocycles. The summed E-state index contributed by atoms with van der Waals surface area (Å²) in [6, 6.07) is 0.907. The van der Waals surface area contributed by atoms with Crippen molar-refractivity contribution in [3.63, 3.8) is 0 Å². The summed E-state index contributed by atoms with van der Waals surface area (Å²) in [5, 5.41) is 0. The number of piperidine rings is 2. The van der Waals surface area contributed by atoms with E-state index < -0.39 is 0 Å². The number of rotatable bonds is 0. The molecule has 13 heavy (non-hydrogen) atoms. The van der Waals surface area contributed by atoms with Gasteiger partial charge >= 0.3 is 0 Å². The largest absolute Gasteiger partial charge is 0.303 e. The Morgan fingerprint density at radius 2 is 1.69 bits per heavy atom. The molecule has 0 aromatic heterocycles. The average Bonchev–Trinajstić information content (AvgIpc) is 2.04. The van der Waals surface area contributed by atoms with E-state index in [0.29, 0.717) is 10.8 Å². The molecule has 0 atom stereocenters. The second-order valence-electron chi connectivity index (χ2n) is 6.18. The third-order valence-corrected chi connectivity index (χ3v) is 4.68. The Kier molecular flexibility index (Phi) is 1.99. The van der Waals surface area contributed by atoms with Gasteiger partial charge in [0.15, 0.2) is 0 Å². The summed E-state index contributed by atoms with van der Waals surface area (Å²) >= 11 is 0. The van der Waals surface area contributed by atoms with Gasteiger partial charge in [-0.25, -0.2) is 0 Å². The van der Waals surface area contributed by atoms with Crippen LogP contribution >= 0.6 is 0 Å². The van der Waals surface area contributed by atoms with E-state index in [1.165, 1.54) is 32.2 Å². The first-order valence-corrected chi connectivity index (χ1v) is 5.65. The van der Waals surface area contributed by atoms with E-state index in [9.17, 15) is 0 Å². The van der Waals surface area contributed by atoms with Gasteiger partial charge in [-0.3, -0.25) is 0 Å². The second-order valence-corrected chi connectivity index (χ2v) is 6.18. The number of nitrogens with zero attached hydrogens (tertiary/aromatic N) is 1. The molecule has 0 N–H and O–H groups in total. The zero-order chi connectivity index (χ0) is 9.69. The van der Waals surface area contributed by atoms with Gasteiger partial charge < -0.3 is 4.90 Å². The SMILES string of the molecule is CN1CC2(C(C)(C)C)CCC1CC2. The van der Waals surface area contributed by atoms with Crippen molar-refractivity contribution in [1.29, 1.82) is 0 Å². The van der Waals surface area contributed by atoms with Crippen molar-refractivity contribution in [3.8, 4) is 0 Å². The number of hydrogen-bond acceptors (Lipinski definition) is 1. The Labute approximate surface area is 82.5 Å². The molecule has 0 spiro atoms. The molecule has 76 valence electrons. The van der Waals surface area contributed by atoms with E-state index in [1.54, 1.807) is 0 Å². The van der Waals surface area contributed by atoms with Crippen LogP contribution in [0.2, 0.25) is 0 Å². The van der Waals surface area contributed by atoms with Gasteiger partial charge in [0, 0.05) is 12.6 Å². The minimum atomic E-state index is 0.493. The van der Waals surface area contributed by atoms with Gasteiger partial charge in [-0.05, 0) is 43.6 Å². The normalized spacial score (nSPS) is 41.1. The van der Waals surface area contributed by atoms with Crippen LogP contribution in [0.25, 0.3) is 0 Å². The van der Waals surface area contributed by atoms with Crippen molar-refractivity contribution in [2.75, 3.05) is 13.6 Å². The fourth-order valence-electron chi connectivity index (χ4n) is 3.35.